The van der Waals surface area contributed by atoms with E-state index in [2.05, 4.69) is 21.2 Å². The molecule has 0 atom stereocenters. The van der Waals surface area contributed by atoms with Crippen molar-refractivity contribution in [3.8, 4) is 11.1 Å². The van der Waals surface area contributed by atoms with Crippen molar-refractivity contribution >= 4 is 44.8 Å². The fourth-order valence-corrected chi connectivity index (χ4v) is 3.59. The summed E-state index contributed by atoms with van der Waals surface area (Å²) in [7, 11) is 0. The van der Waals surface area contributed by atoms with Gasteiger partial charge in [-0.3, -0.25) is 0 Å². The number of benzene rings is 3. The zero-order valence-corrected chi connectivity index (χ0v) is 16.8. The first-order valence-electron chi connectivity index (χ1n) is 7.89. The van der Waals surface area contributed by atoms with E-state index in [0.29, 0.717) is 21.1 Å². The lowest BCUT2D eigenvalue weighted by molar-refractivity contribution is -0.137. The molecular weight excluding hydrogens is 462 g/mol. The van der Waals surface area contributed by atoms with Crippen molar-refractivity contribution in [3.05, 3.63) is 86.3 Å². The molecule has 0 spiro atoms. The fourth-order valence-electron chi connectivity index (χ4n) is 2.56. The van der Waals surface area contributed by atoms with Crippen LogP contribution in [-0.4, -0.2) is 0 Å². The summed E-state index contributed by atoms with van der Waals surface area (Å²) in [5.41, 5.74) is 2.71. The summed E-state index contributed by atoms with van der Waals surface area (Å²) in [5.74, 6) is 0. The average Bonchev–Trinajstić information content (AvgIpc) is 2.60. The number of halogens is 6. The monoisotopic (exact) mass is 473 g/mol. The molecule has 0 fully saturated rings. The number of rotatable bonds is 4. The Hall–Kier alpha value is -1.69. The van der Waals surface area contributed by atoms with Crippen molar-refractivity contribution in [2.45, 2.75) is 12.7 Å². The molecule has 3 aromatic rings. The second kappa shape index (κ2) is 8.13. The van der Waals surface area contributed by atoms with Gasteiger partial charge in [-0.05, 0) is 47.5 Å². The Kier molecular flexibility index (Phi) is 6.04. The van der Waals surface area contributed by atoms with E-state index in [1.807, 2.05) is 30.3 Å². The van der Waals surface area contributed by atoms with Crippen LogP contribution in [0.3, 0.4) is 0 Å². The minimum absolute atomic E-state index is 0.389. The number of alkyl halides is 3. The molecule has 0 aromatic heterocycles. The lowest BCUT2D eigenvalue weighted by Gasteiger charge is -2.12. The van der Waals surface area contributed by atoms with E-state index in [1.165, 1.54) is 6.07 Å². The van der Waals surface area contributed by atoms with Crippen LogP contribution < -0.4 is 5.32 Å². The third-order valence-corrected chi connectivity index (χ3v) is 5.28. The van der Waals surface area contributed by atoms with E-state index < -0.39 is 11.7 Å². The Labute approximate surface area is 173 Å². The lowest BCUT2D eigenvalue weighted by atomic mass is 10.1. The molecule has 3 rings (SSSR count). The normalized spacial score (nSPS) is 11.5. The predicted molar refractivity (Wildman–Crippen MR) is 108 cm³/mol. The summed E-state index contributed by atoms with van der Waals surface area (Å²) in [6.45, 7) is 0.389. The highest BCUT2D eigenvalue weighted by Gasteiger charge is 2.30. The van der Waals surface area contributed by atoms with Crippen molar-refractivity contribution in [1.29, 1.82) is 0 Å². The molecule has 0 aliphatic heterocycles. The topological polar surface area (TPSA) is 12.0 Å². The van der Waals surface area contributed by atoms with E-state index >= 15 is 0 Å². The van der Waals surface area contributed by atoms with Crippen molar-refractivity contribution in [2.75, 3.05) is 5.32 Å². The van der Waals surface area contributed by atoms with E-state index in [9.17, 15) is 13.2 Å². The van der Waals surface area contributed by atoms with Crippen LogP contribution in [0.1, 0.15) is 11.1 Å². The van der Waals surface area contributed by atoms with Crippen molar-refractivity contribution in [2.24, 2.45) is 0 Å². The number of anilines is 1. The zero-order valence-electron chi connectivity index (χ0n) is 13.7. The highest BCUT2D eigenvalue weighted by atomic mass is 79.9. The predicted octanol–water partition coefficient (Wildman–Crippen LogP) is 8.05. The molecule has 0 radical (unpaired) electrons. The molecule has 140 valence electrons. The first-order valence-corrected chi connectivity index (χ1v) is 9.44. The van der Waals surface area contributed by atoms with Gasteiger partial charge >= 0.3 is 6.18 Å². The SMILES string of the molecule is FC(F)(F)c1ccc(CNc2ccc(-c3ccc(Cl)cc3Cl)cc2)c(Br)c1. The van der Waals surface area contributed by atoms with Gasteiger partial charge in [0.05, 0.1) is 5.56 Å². The van der Waals surface area contributed by atoms with Gasteiger partial charge in [-0.15, -0.1) is 0 Å². The van der Waals surface area contributed by atoms with Crippen LogP contribution in [0.5, 0.6) is 0 Å². The Morgan fingerprint density at radius 2 is 1.59 bits per heavy atom. The number of hydrogen-bond acceptors (Lipinski definition) is 1. The van der Waals surface area contributed by atoms with Crippen molar-refractivity contribution in [1.82, 2.24) is 0 Å². The fraction of sp³-hybridized carbons (Fsp3) is 0.100. The summed E-state index contributed by atoms with van der Waals surface area (Å²) in [6, 6.07) is 16.5. The molecule has 1 nitrogen and oxygen atoms in total. The van der Waals surface area contributed by atoms with Gasteiger partial charge in [0.25, 0.3) is 0 Å². The summed E-state index contributed by atoms with van der Waals surface area (Å²) < 4.78 is 38.6. The Morgan fingerprint density at radius 1 is 0.889 bits per heavy atom. The summed E-state index contributed by atoms with van der Waals surface area (Å²) in [5, 5.41) is 4.34. The highest BCUT2D eigenvalue weighted by molar-refractivity contribution is 9.10. The number of hydrogen-bond donors (Lipinski definition) is 1. The Balaban J connectivity index is 1.70. The average molecular weight is 475 g/mol. The van der Waals surface area contributed by atoms with Gasteiger partial charge in [-0.1, -0.05) is 63.4 Å². The minimum atomic E-state index is -4.35. The highest BCUT2D eigenvalue weighted by Crippen LogP contribution is 2.33. The lowest BCUT2D eigenvalue weighted by Crippen LogP contribution is -2.06. The van der Waals surface area contributed by atoms with Crippen LogP contribution in [0.4, 0.5) is 18.9 Å². The smallest absolute Gasteiger partial charge is 0.381 e. The molecule has 0 heterocycles. The maximum atomic E-state index is 12.7. The molecule has 0 saturated heterocycles. The van der Waals surface area contributed by atoms with Gasteiger partial charge in [-0.25, -0.2) is 0 Å². The summed E-state index contributed by atoms with van der Waals surface area (Å²) in [4.78, 5) is 0. The minimum Gasteiger partial charge on any atom is -0.381 e. The van der Waals surface area contributed by atoms with Crippen LogP contribution in [0.15, 0.2) is 65.1 Å². The summed E-state index contributed by atoms with van der Waals surface area (Å²) in [6.07, 6.45) is -4.35. The third kappa shape index (κ3) is 4.98. The van der Waals surface area contributed by atoms with Gasteiger partial charge in [-0.2, -0.15) is 13.2 Å². The van der Waals surface area contributed by atoms with Crippen LogP contribution in [0.2, 0.25) is 10.0 Å². The molecule has 0 saturated carbocycles. The van der Waals surface area contributed by atoms with E-state index in [-0.39, 0.29) is 0 Å². The molecule has 0 bridgehead atoms. The number of nitrogens with one attached hydrogen (secondary N) is 1. The molecule has 27 heavy (non-hydrogen) atoms. The first kappa shape index (κ1) is 20.1. The maximum absolute atomic E-state index is 12.7. The standard InChI is InChI=1S/C20H13BrCl2F3N/c21-18-9-14(20(24,25)26)4-1-13(18)11-27-16-6-2-12(3-7-16)17-8-5-15(22)10-19(17)23/h1-10,27H,11H2. The van der Waals surface area contributed by atoms with Crippen LogP contribution in [-0.2, 0) is 12.7 Å². The maximum Gasteiger partial charge on any atom is 0.416 e. The van der Waals surface area contributed by atoms with E-state index in [1.54, 1.807) is 12.1 Å². The second-order valence-corrected chi connectivity index (χ2v) is 7.56. The molecule has 0 amide bonds. The molecular formula is C20H13BrCl2F3N. The quantitative estimate of drug-likeness (QED) is 0.403. The molecule has 0 aliphatic rings. The molecule has 7 heteroatoms. The van der Waals surface area contributed by atoms with Gasteiger partial charge < -0.3 is 5.32 Å². The molecule has 1 N–H and O–H groups in total. The van der Waals surface area contributed by atoms with E-state index in [0.717, 1.165) is 34.5 Å². The van der Waals surface area contributed by atoms with Crippen LogP contribution >= 0.6 is 39.1 Å². The van der Waals surface area contributed by atoms with Gasteiger partial charge in [0.2, 0.25) is 0 Å². The van der Waals surface area contributed by atoms with Gasteiger partial charge in [0.15, 0.2) is 0 Å². The zero-order chi connectivity index (χ0) is 19.6. The Morgan fingerprint density at radius 3 is 2.19 bits per heavy atom. The van der Waals surface area contributed by atoms with Crippen molar-refractivity contribution < 1.29 is 13.2 Å². The van der Waals surface area contributed by atoms with Crippen molar-refractivity contribution in [3.63, 3.8) is 0 Å². The van der Waals surface area contributed by atoms with Gasteiger partial charge in [0.1, 0.15) is 0 Å². The third-order valence-electron chi connectivity index (χ3n) is 3.99. The largest absolute Gasteiger partial charge is 0.416 e. The van der Waals surface area contributed by atoms with E-state index in [4.69, 9.17) is 23.2 Å². The molecule has 0 aliphatic carbocycles. The first-order chi connectivity index (χ1) is 12.7. The van der Waals surface area contributed by atoms with Crippen LogP contribution in [0.25, 0.3) is 11.1 Å². The second-order valence-electron chi connectivity index (χ2n) is 5.86. The van der Waals surface area contributed by atoms with Crippen LogP contribution in [0, 0.1) is 0 Å². The summed E-state index contributed by atoms with van der Waals surface area (Å²) >= 11 is 15.3. The van der Waals surface area contributed by atoms with Gasteiger partial charge in [0, 0.05) is 32.3 Å². The molecule has 0 unspecified atom stereocenters. The Bertz CT molecular complexity index is 956. The molecule has 3 aromatic carbocycles.